The van der Waals surface area contributed by atoms with Crippen LogP contribution in [0.2, 0.25) is 0 Å². The second-order valence-electron chi connectivity index (χ2n) is 4.79. The first kappa shape index (κ1) is 13.1. The highest BCUT2D eigenvalue weighted by Crippen LogP contribution is 2.32. The van der Waals surface area contributed by atoms with Crippen molar-refractivity contribution in [1.82, 2.24) is 4.90 Å². The predicted molar refractivity (Wildman–Crippen MR) is 71.5 cm³/mol. The molecule has 0 radical (unpaired) electrons. The van der Waals surface area contributed by atoms with Crippen molar-refractivity contribution in [3.8, 4) is 0 Å². The molecule has 0 aliphatic heterocycles. The smallest absolute Gasteiger partial charge is 0.230 e. The molecule has 1 N–H and O–H groups in total. The summed E-state index contributed by atoms with van der Waals surface area (Å²) < 4.78 is 0. The molecule has 1 amide bonds. The van der Waals surface area contributed by atoms with Crippen LogP contribution in [0.25, 0.3) is 0 Å². The highest BCUT2D eigenvalue weighted by molar-refractivity contribution is 5.84. The van der Waals surface area contributed by atoms with Gasteiger partial charge in [-0.25, -0.2) is 0 Å². The van der Waals surface area contributed by atoms with Crippen molar-refractivity contribution in [2.75, 3.05) is 19.7 Å². The molecule has 0 aromatic heterocycles. The molecule has 2 rings (SSSR count). The Morgan fingerprint density at radius 1 is 1.44 bits per heavy atom. The van der Waals surface area contributed by atoms with Crippen LogP contribution < -0.4 is 0 Å². The number of nitrogens with zero attached hydrogens (tertiary/aromatic N) is 1. The predicted octanol–water partition coefficient (Wildman–Crippen LogP) is 1.95. The van der Waals surface area contributed by atoms with Crippen LogP contribution in [-0.4, -0.2) is 35.6 Å². The van der Waals surface area contributed by atoms with Crippen molar-refractivity contribution in [3.63, 3.8) is 0 Å². The van der Waals surface area contributed by atoms with Crippen molar-refractivity contribution < 1.29 is 9.90 Å². The lowest BCUT2D eigenvalue weighted by atomic mass is 9.82. The average molecular weight is 247 g/mol. The third-order valence-electron chi connectivity index (χ3n) is 3.73. The summed E-state index contributed by atoms with van der Waals surface area (Å²) in [7, 11) is 0. The van der Waals surface area contributed by atoms with Gasteiger partial charge in [0.25, 0.3) is 0 Å². The standard InChI is InChI=1S/C15H21NO2/c1-2-16(10-11-17)15(18)14-9-5-7-12-6-3-4-8-13(12)14/h3-4,6,8,14,17H,2,5,7,9-11H2,1H3. The number of amides is 1. The molecule has 0 saturated heterocycles. The van der Waals surface area contributed by atoms with E-state index in [1.807, 2.05) is 19.1 Å². The summed E-state index contributed by atoms with van der Waals surface area (Å²) in [5.74, 6) is 0.153. The number of aryl methyl sites for hydroxylation is 1. The summed E-state index contributed by atoms with van der Waals surface area (Å²) in [4.78, 5) is 14.3. The Bertz CT molecular complexity index is 417. The third kappa shape index (κ3) is 2.56. The highest BCUT2D eigenvalue weighted by Gasteiger charge is 2.28. The first-order valence-corrected chi connectivity index (χ1v) is 6.75. The number of hydrogen-bond acceptors (Lipinski definition) is 2. The molecule has 3 heteroatoms. The molecule has 0 saturated carbocycles. The number of aliphatic hydroxyl groups excluding tert-OH is 1. The van der Waals surface area contributed by atoms with Crippen molar-refractivity contribution in [2.24, 2.45) is 0 Å². The minimum absolute atomic E-state index is 0.0125. The summed E-state index contributed by atoms with van der Waals surface area (Å²) in [5.41, 5.74) is 2.49. The maximum Gasteiger partial charge on any atom is 0.230 e. The van der Waals surface area contributed by atoms with Crippen LogP contribution >= 0.6 is 0 Å². The number of fused-ring (bicyclic) bond motifs is 1. The zero-order valence-electron chi connectivity index (χ0n) is 10.9. The summed E-state index contributed by atoms with van der Waals surface area (Å²) in [6.07, 6.45) is 3.08. The Morgan fingerprint density at radius 2 is 2.22 bits per heavy atom. The van der Waals surface area contributed by atoms with Crippen molar-refractivity contribution in [2.45, 2.75) is 32.1 Å². The number of carbonyl (C=O) groups is 1. The molecule has 18 heavy (non-hydrogen) atoms. The molecule has 1 aromatic carbocycles. The largest absolute Gasteiger partial charge is 0.395 e. The van der Waals surface area contributed by atoms with Gasteiger partial charge in [0.2, 0.25) is 5.91 Å². The number of likely N-dealkylation sites (N-methyl/N-ethyl adjacent to an activating group) is 1. The van der Waals surface area contributed by atoms with Gasteiger partial charge in [-0.2, -0.15) is 0 Å². The van der Waals surface area contributed by atoms with E-state index in [-0.39, 0.29) is 18.4 Å². The molecular formula is C15H21NO2. The maximum atomic E-state index is 12.5. The van der Waals surface area contributed by atoms with Crippen molar-refractivity contribution in [3.05, 3.63) is 35.4 Å². The van der Waals surface area contributed by atoms with Crippen LogP contribution in [0.3, 0.4) is 0 Å². The van der Waals surface area contributed by atoms with Gasteiger partial charge in [0.05, 0.1) is 12.5 Å². The zero-order chi connectivity index (χ0) is 13.0. The van der Waals surface area contributed by atoms with E-state index in [0.717, 1.165) is 19.3 Å². The number of rotatable bonds is 4. The fourth-order valence-corrected chi connectivity index (χ4v) is 2.78. The Morgan fingerprint density at radius 3 is 2.94 bits per heavy atom. The minimum Gasteiger partial charge on any atom is -0.395 e. The minimum atomic E-state index is -0.0125. The maximum absolute atomic E-state index is 12.5. The van der Waals surface area contributed by atoms with E-state index >= 15 is 0 Å². The number of aliphatic hydroxyl groups is 1. The van der Waals surface area contributed by atoms with Crippen LogP contribution in [-0.2, 0) is 11.2 Å². The van der Waals surface area contributed by atoms with Gasteiger partial charge in [-0.15, -0.1) is 0 Å². The zero-order valence-corrected chi connectivity index (χ0v) is 10.9. The summed E-state index contributed by atoms with van der Waals surface area (Å²) >= 11 is 0. The molecule has 1 unspecified atom stereocenters. The fraction of sp³-hybridized carbons (Fsp3) is 0.533. The molecule has 3 nitrogen and oxygen atoms in total. The van der Waals surface area contributed by atoms with Crippen molar-refractivity contribution >= 4 is 5.91 Å². The lowest BCUT2D eigenvalue weighted by Crippen LogP contribution is -2.38. The molecule has 0 fully saturated rings. The quantitative estimate of drug-likeness (QED) is 0.883. The molecule has 1 aromatic rings. The van der Waals surface area contributed by atoms with E-state index < -0.39 is 0 Å². The van der Waals surface area contributed by atoms with Gasteiger partial charge in [0, 0.05) is 13.1 Å². The molecule has 1 aliphatic rings. The van der Waals surface area contributed by atoms with E-state index in [4.69, 9.17) is 5.11 Å². The average Bonchev–Trinajstić information content (AvgIpc) is 2.43. The normalized spacial score (nSPS) is 18.2. The van der Waals surface area contributed by atoms with Crippen LogP contribution in [0.1, 0.15) is 36.8 Å². The first-order valence-electron chi connectivity index (χ1n) is 6.75. The summed E-state index contributed by atoms with van der Waals surface area (Å²) in [6, 6.07) is 8.24. The number of hydrogen-bond donors (Lipinski definition) is 1. The topological polar surface area (TPSA) is 40.5 Å². The van der Waals surface area contributed by atoms with Gasteiger partial charge in [-0.3, -0.25) is 4.79 Å². The van der Waals surface area contributed by atoms with Crippen molar-refractivity contribution in [1.29, 1.82) is 0 Å². The Hall–Kier alpha value is -1.35. The lowest BCUT2D eigenvalue weighted by molar-refractivity contribution is -0.133. The van der Waals surface area contributed by atoms with E-state index in [0.29, 0.717) is 13.1 Å². The highest BCUT2D eigenvalue weighted by atomic mass is 16.3. The van der Waals surface area contributed by atoms with Crippen LogP contribution in [0.5, 0.6) is 0 Å². The monoisotopic (exact) mass is 247 g/mol. The van der Waals surface area contributed by atoms with Gasteiger partial charge in [-0.1, -0.05) is 24.3 Å². The second kappa shape index (κ2) is 6.01. The molecule has 1 atom stereocenters. The number of benzene rings is 1. The van der Waals surface area contributed by atoms with Crippen LogP contribution in [0.4, 0.5) is 0 Å². The molecule has 98 valence electrons. The fourth-order valence-electron chi connectivity index (χ4n) is 2.78. The van der Waals surface area contributed by atoms with Gasteiger partial charge < -0.3 is 10.0 Å². The second-order valence-corrected chi connectivity index (χ2v) is 4.79. The van der Waals surface area contributed by atoms with Gasteiger partial charge >= 0.3 is 0 Å². The first-order chi connectivity index (χ1) is 8.77. The molecule has 0 heterocycles. The Balaban J connectivity index is 2.21. The Kier molecular flexibility index (Phi) is 4.37. The molecular weight excluding hydrogens is 226 g/mol. The van der Waals surface area contributed by atoms with Gasteiger partial charge in [0.15, 0.2) is 0 Å². The van der Waals surface area contributed by atoms with E-state index in [9.17, 15) is 4.79 Å². The lowest BCUT2D eigenvalue weighted by Gasteiger charge is -2.30. The molecule has 1 aliphatic carbocycles. The van der Waals surface area contributed by atoms with E-state index in [2.05, 4.69) is 12.1 Å². The third-order valence-corrected chi connectivity index (χ3v) is 3.73. The van der Waals surface area contributed by atoms with Crippen LogP contribution in [0.15, 0.2) is 24.3 Å². The SMILES string of the molecule is CCN(CCO)C(=O)C1CCCc2ccccc21. The van der Waals surface area contributed by atoms with Gasteiger partial charge in [0.1, 0.15) is 0 Å². The summed E-state index contributed by atoms with van der Waals surface area (Å²) in [5, 5.41) is 9.02. The van der Waals surface area contributed by atoms with Crippen LogP contribution in [0, 0.1) is 0 Å². The molecule has 0 bridgehead atoms. The summed E-state index contributed by atoms with van der Waals surface area (Å²) in [6.45, 7) is 3.10. The molecule has 0 spiro atoms. The van der Waals surface area contributed by atoms with Gasteiger partial charge in [-0.05, 0) is 37.3 Å². The van der Waals surface area contributed by atoms with E-state index in [1.165, 1.54) is 11.1 Å². The number of carbonyl (C=O) groups excluding carboxylic acids is 1. The van der Waals surface area contributed by atoms with E-state index in [1.54, 1.807) is 4.90 Å². The Labute approximate surface area is 108 Å².